The number of esters is 1. The van der Waals surface area contributed by atoms with Crippen molar-refractivity contribution in [2.24, 2.45) is 11.7 Å². The molecule has 3 N–H and O–H groups in total. The molecule has 2 rings (SSSR count). The molecule has 1 aliphatic carbocycles. The van der Waals surface area contributed by atoms with Gasteiger partial charge in [0.1, 0.15) is 0 Å². The molecule has 6 heteroatoms. The van der Waals surface area contributed by atoms with E-state index in [1.807, 2.05) is 0 Å². The van der Waals surface area contributed by atoms with E-state index in [0.717, 1.165) is 6.42 Å². The average molecular weight is 282 g/mol. The lowest BCUT2D eigenvalue weighted by Crippen LogP contribution is -2.30. The Kier molecular flexibility index (Phi) is 4.42. The smallest absolute Gasteiger partial charge is 0.312 e. The number of carbonyl (C=O) groups is 2. The molecule has 0 saturated heterocycles. The van der Waals surface area contributed by atoms with E-state index in [-0.39, 0.29) is 11.9 Å². The fraction of sp³-hybridized carbons (Fsp3) is 0.538. The second-order valence-electron chi connectivity index (χ2n) is 4.71. The fourth-order valence-corrected chi connectivity index (χ4v) is 3.04. The first-order valence-electron chi connectivity index (χ1n) is 6.34. The van der Waals surface area contributed by atoms with E-state index in [1.165, 1.54) is 9.75 Å². The molecule has 0 spiro atoms. The third-order valence-electron chi connectivity index (χ3n) is 3.08. The number of nitrogens with two attached hydrogens (primary N) is 1. The van der Waals surface area contributed by atoms with Gasteiger partial charge in [0.15, 0.2) is 0 Å². The summed E-state index contributed by atoms with van der Waals surface area (Å²) in [4.78, 5) is 24.7. The molecular formula is C13H18N2O3S. The van der Waals surface area contributed by atoms with Crippen LogP contribution < -0.4 is 11.1 Å². The predicted octanol–water partition coefficient (Wildman–Crippen LogP) is 1.76. The fourth-order valence-electron chi connectivity index (χ4n) is 1.99. The number of nitrogens with one attached hydrogen (secondary N) is 1. The van der Waals surface area contributed by atoms with Crippen molar-refractivity contribution in [3.63, 3.8) is 0 Å². The summed E-state index contributed by atoms with van der Waals surface area (Å²) < 4.78 is 5.18. The Morgan fingerprint density at radius 1 is 1.53 bits per heavy atom. The molecule has 2 amide bonds. The van der Waals surface area contributed by atoms with Crippen LogP contribution in [0.15, 0.2) is 12.1 Å². The van der Waals surface area contributed by atoms with Gasteiger partial charge in [-0.05, 0) is 31.9 Å². The SMILES string of the molecule is Cc1ccc([C@H]2C[C@@H]2C(=O)OCCCNC(N)=O)s1. The molecule has 1 aromatic heterocycles. The van der Waals surface area contributed by atoms with Gasteiger partial charge in [-0.3, -0.25) is 4.79 Å². The van der Waals surface area contributed by atoms with Crippen LogP contribution in [-0.2, 0) is 9.53 Å². The summed E-state index contributed by atoms with van der Waals surface area (Å²) in [5, 5.41) is 2.45. The standard InChI is InChI=1S/C13H18N2O3S/c1-8-3-4-11(19-8)9-7-10(9)12(16)18-6-2-5-15-13(14)17/h3-4,9-10H,2,5-7H2,1H3,(H3,14,15,17)/t9-,10-/m0/s1. The number of hydrogen-bond acceptors (Lipinski definition) is 4. The molecule has 0 unspecified atom stereocenters. The highest BCUT2D eigenvalue weighted by Crippen LogP contribution is 2.50. The Bertz CT molecular complexity index is 472. The minimum Gasteiger partial charge on any atom is -0.465 e. The van der Waals surface area contributed by atoms with Gasteiger partial charge in [0.25, 0.3) is 0 Å². The normalized spacial score (nSPS) is 20.9. The molecule has 2 atom stereocenters. The summed E-state index contributed by atoms with van der Waals surface area (Å²) in [7, 11) is 0. The lowest BCUT2D eigenvalue weighted by atomic mass is 10.2. The largest absolute Gasteiger partial charge is 0.465 e. The molecule has 0 bridgehead atoms. The van der Waals surface area contributed by atoms with E-state index in [0.29, 0.717) is 25.5 Å². The Morgan fingerprint density at radius 2 is 2.32 bits per heavy atom. The van der Waals surface area contributed by atoms with Gasteiger partial charge in [-0.2, -0.15) is 0 Å². The third-order valence-corrected chi connectivity index (χ3v) is 4.22. The number of urea groups is 1. The quantitative estimate of drug-likeness (QED) is 0.616. The maximum absolute atomic E-state index is 11.8. The van der Waals surface area contributed by atoms with Crippen molar-refractivity contribution in [3.05, 3.63) is 21.9 Å². The van der Waals surface area contributed by atoms with Gasteiger partial charge < -0.3 is 15.8 Å². The van der Waals surface area contributed by atoms with Gasteiger partial charge in [0.2, 0.25) is 0 Å². The topological polar surface area (TPSA) is 81.4 Å². The molecule has 0 aromatic carbocycles. The second kappa shape index (κ2) is 6.06. The first kappa shape index (κ1) is 13.9. The molecule has 0 radical (unpaired) electrons. The Morgan fingerprint density at radius 3 is 2.95 bits per heavy atom. The van der Waals surface area contributed by atoms with Gasteiger partial charge >= 0.3 is 12.0 Å². The summed E-state index contributed by atoms with van der Waals surface area (Å²) >= 11 is 1.75. The van der Waals surface area contributed by atoms with E-state index >= 15 is 0 Å². The predicted molar refractivity (Wildman–Crippen MR) is 73.1 cm³/mol. The molecule has 5 nitrogen and oxygen atoms in total. The Hall–Kier alpha value is -1.56. The summed E-state index contributed by atoms with van der Waals surface area (Å²) in [6.45, 7) is 2.82. The molecule has 1 heterocycles. The van der Waals surface area contributed by atoms with Crippen molar-refractivity contribution in [1.82, 2.24) is 5.32 Å². The number of amides is 2. The number of ether oxygens (including phenoxy) is 1. The Labute approximate surface area is 116 Å². The maximum atomic E-state index is 11.8. The van der Waals surface area contributed by atoms with Gasteiger partial charge in [-0.25, -0.2) is 4.79 Å². The van der Waals surface area contributed by atoms with Gasteiger partial charge in [0.05, 0.1) is 12.5 Å². The van der Waals surface area contributed by atoms with Crippen LogP contribution in [0.3, 0.4) is 0 Å². The van der Waals surface area contributed by atoms with Crippen LogP contribution in [0.5, 0.6) is 0 Å². The summed E-state index contributed by atoms with van der Waals surface area (Å²) in [6.07, 6.45) is 1.47. The molecular weight excluding hydrogens is 264 g/mol. The number of primary amides is 1. The average Bonchev–Trinajstić information content (AvgIpc) is 3.04. The first-order chi connectivity index (χ1) is 9.08. The van der Waals surface area contributed by atoms with Crippen LogP contribution in [0, 0.1) is 12.8 Å². The number of hydrogen-bond donors (Lipinski definition) is 2. The third kappa shape index (κ3) is 3.96. The molecule has 0 aliphatic heterocycles. The van der Waals surface area contributed by atoms with E-state index in [4.69, 9.17) is 10.5 Å². The van der Waals surface area contributed by atoms with Gasteiger partial charge in [0, 0.05) is 22.2 Å². The Balaban J connectivity index is 1.64. The summed E-state index contributed by atoms with van der Waals surface area (Å²) in [6, 6.07) is 3.62. The first-order valence-corrected chi connectivity index (χ1v) is 7.16. The minimum atomic E-state index is -0.554. The summed E-state index contributed by atoms with van der Waals surface area (Å²) in [5.74, 6) is 0.229. The van der Waals surface area contributed by atoms with Crippen LogP contribution in [-0.4, -0.2) is 25.2 Å². The number of aryl methyl sites for hydroxylation is 1. The van der Waals surface area contributed by atoms with E-state index in [9.17, 15) is 9.59 Å². The second-order valence-corrected chi connectivity index (χ2v) is 6.03. The van der Waals surface area contributed by atoms with Crippen molar-refractivity contribution < 1.29 is 14.3 Å². The van der Waals surface area contributed by atoms with E-state index < -0.39 is 6.03 Å². The monoisotopic (exact) mass is 282 g/mol. The van der Waals surface area contributed by atoms with Crippen molar-refractivity contribution in [2.75, 3.05) is 13.2 Å². The van der Waals surface area contributed by atoms with Gasteiger partial charge in [-0.1, -0.05) is 0 Å². The van der Waals surface area contributed by atoms with Crippen molar-refractivity contribution in [1.29, 1.82) is 0 Å². The van der Waals surface area contributed by atoms with Crippen LogP contribution in [0.25, 0.3) is 0 Å². The molecule has 19 heavy (non-hydrogen) atoms. The maximum Gasteiger partial charge on any atom is 0.312 e. The lowest BCUT2D eigenvalue weighted by Gasteiger charge is -2.04. The molecule has 1 fully saturated rings. The van der Waals surface area contributed by atoms with E-state index in [2.05, 4.69) is 24.4 Å². The highest BCUT2D eigenvalue weighted by molar-refractivity contribution is 7.12. The van der Waals surface area contributed by atoms with E-state index in [1.54, 1.807) is 11.3 Å². The summed E-state index contributed by atoms with van der Waals surface area (Å²) in [5.41, 5.74) is 4.92. The number of carbonyl (C=O) groups excluding carboxylic acids is 2. The zero-order chi connectivity index (χ0) is 13.8. The number of thiophene rings is 1. The van der Waals surface area contributed by atoms with Crippen molar-refractivity contribution >= 4 is 23.3 Å². The lowest BCUT2D eigenvalue weighted by molar-refractivity contribution is -0.145. The van der Waals surface area contributed by atoms with Crippen LogP contribution in [0.1, 0.15) is 28.5 Å². The van der Waals surface area contributed by atoms with Crippen molar-refractivity contribution in [3.8, 4) is 0 Å². The highest BCUT2D eigenvalue weighted by Gasteiger charge is 2.45. The molecule has 1 aliphatic rings. The zero-order valence-electron chi connectivity index (χ0n) is 10.8. The van der Waals surface area contributed by atoms with Crippen LogP contribution in [0.4, 0.5) is 4.79 Å². The highest BCUT2D eigenvalue weighted by atomic mass is 32.1. The van der Waals surface area contributed by atoms with Crippen molar-refractivity contribution in [2.45, 2.75) is 25.7 Å². The van der Waals surface area contributed by atoms with Crippen LogP contribution >= 0.6 is 11.3 Å². The minimum absolute atomic E-state index is 0.0159. The molecule has 104 valence electrons. The molecule has 1 saturated carbocycles. The number of rotatable bonds is 6. The zero-order valence-corrected chi connectivity index (χ0v) is 11.7. The van der Waals surface area contributed by atoms with Crippen LogP contribution in [0.2, 0.25) is 0 Å². The molecule has 1 aromatic rings. The van der Waals surface area contributed by atoms with Gasteiger partial charge in [-0.15, -0.1) is 11.3 Å².